The summed E-state index contributed by atoms with van der Waals surface area (Å²) >= 11 is 0. The Morgan fingerprint density at radius 2 is 2.06 bits per heavy atom. The quantitative estimate of drug-likeness (QED) is 0.814. The summed E-state index contributed by atoms with van der Waals surface area (Å²) < 4.78 is 6.13. The Labute approximate surface area is 112 Å². The molecule has 2 unspecified atom stereocenters. The van der Waals surface area contributed by atoms with Gasteiger partial charge in [-0.3, -0.25) is 0 Å². The van der Waals surface area contributed by atoms with Crippen molar-refractivity contribution in [1.29, 1.82) is 0 Å². The van der Waals surface area contributed by atoms with Gasteiger partial charge in [0.05, 0.1) is 12.2 Å². The fraction of sp³-hybridized carbons (Fsp3) is 1.00. The molecule has 0 saturated carbocycles. The average molecular weight is 254 g/mol. The third-order valence-corrected chi connectivity index (χ3v) is 4.26. The first-order chi connectivity index (χ1) is 8.59. The largest absolute Gasteiger partial charge is 0.372 e. The van der Waals surface area contributed by atoms with Crippen LogP contribution < -0.4 is 5.32 Å². The number of rotatable bonds is 5. The molecule has 2 heterocycles. The van der Waals surface area contributed by atoms with Crippen LogP contribution in [0.1, 0.15) is 46.5 Å². The van der Waals surface area contributed by atoms with Gasteiger partial charge < -0.3 is 15.0 Å². The number of likely N-dealkylation sites (N-methyl/N-ethyl adjacent to an activating group) is 1. The number of nitrogens with one attached hydrogen (secondary N) is 1. The Balaban J connectivity index is 1.71. The van der Waals surface area contributed by atoms with Gasteiger partial charge in [0.25, 0.3) is 0 Å². The van der Waals surface area contributed by atoms with Crippen LogP contribution in [-0.2, 0) is 4.74 Å². The molecule has 0 aromatic heterocycles. The van der Waals surface area contributed by atoms with Gasteiger partial charge in [-0.05, 0) is 44.2 Å². The first-order valence-corrected chi connectivity index (χ1v) is 7.67. The van der Waals surface area contributed by atoms with E-state index in [0.717, 1.165) is 19.6 Å². The van der Waals surface area contributed by atoms with Crippen molar-refractivity contribution in [2.24, 2.45) is 5.41 Å². The highest BCUT2D eigenvalue weighted by atomic mass is 16.5. The molecule has 2 fully saturated rings. The lowest BCUT2D eigenvalue weighted by molar-refractivity contribution is 0.00713. The van der Waals surface area contributed by atoms with E-state index in [2.05, 4.69) is 31.0 Å². The van der Waals surface area contributed by atoms with Crippen molar-refractivity contribution in [3.05, 3.63) is 0 Å². The smallest absolute Gasteiger partial charge is 0.0707 e. The molecule has 3 nitrogen and oxygen atoms in total. The maximum Gasteiger partial charge on any atom is 0.0707 e. The first-order valence-electron chi connectivity index (χ1n) is 7.67. The molecule has 1 N–H and O–H groups in total. The van der Waals surface area contributed by atoms with Crippen LogP contribution in [0.2, 0.25) is 0 Å². The SMILES string of the molecule is CCNCC1CCC(CN2CCCC(C)(C)C2)O1. The Bertz CT molecular complexity index is 255. The van der Waals surface area contributed by atoms with Crippen LogP contribution in [0.5, 0.6) is 0 Å². The van der Waals surface area contributed by atoms with Crippen molar-refractivity contribution in [3.63, 3.8) is 0 Å². The van der Waals surface area contributed by atoms with Gasteiger partial charge in [0.1, 0.15) is 0 Å². The molecule has 0 amide bonds. The topological polar surface area (TPSA) is 24.5 Å². The minimum atomic E-state index is 0.452. The monoisotopic (exact) mass is 254 g/mol. The number of ether oxygens (including phenoxy) is 1. The van der Waals surface area contributed by atoms with E-state index in [4.69, 9.17) is 4.74 Å². The highest BCUT2D eigenvalue weighted by molar-refractivity contribution is 4.83. The second kappa shape index (κ2) is 6.36. The summed E-state index contributed by atoms with van der Waals surface area (Å²) in [5, 5.41) is 3.39. The van der Waals surface area contributed by atoms with E-state index < -0.39 is 0 Å². The van der Waals surface area contributed by atoms with Crippen molar-refractivity contribution in [2.45, 2.75) is 58.7 Å². The van der Waals surface area contributed by atoms with Gasteiger partial charge in [-0.1, -0.05) is 20.8 Å². The lowest BCUT2D eigenvalue weighted by atomic mass is 9.84. The minimum absolute atomic E-state index is 0.452. The summed E-state index contributed by atoms with van der Waals surface area (Å²) in [6.45, 7) is 12.7. The molecule has 2 aliphatic rings. The third-order valence-electron chi connectivity index (χ3n) is 4.26. The molecule has 2 atom stereocenters. The molecule has 18 heavy (non-hydrogen) atoms. The van der Waals surface area contributed by atoms with E-state index in [0.29, 0.717) is 17.6 Å². The van der Waals surface area contributed by atoms with Gasteiger partial charge in [0.2, 0.25) is 0 Å². The van der Waals surface area contributed by atoms with Crippen molar-refractivity contribution in [3.8, 4) is 0 Å². The Hall–Kier alpha value is -0.120. The second-order valence-electron chi connectivity index (χ2n) is 6.77. The third kappa shape index (κ3) is 4.22. The zero-order valence-electron chi connectivity index (χ0n) is 12.4. The molecular weight excluding hydrogens is 224 g/mol. The Kier molecular flexibility index (Phi) is 5.05. The molecule has 3 heteroatoms. The maximum atomic E-state index is 6.13. The molecule has 0 aliphatic carbocycles. The molecule has 2 rings (SSSR count). The minimum Gasteiger partial charge on any atom is -0.372 e. The molecular formula is C15H30N2O. The van der Waals surface area contributed by atoms with E-state index in [9.17, 15) is 0 Å². The lowest BCUT2D eigenvalue weighted by Crippen LogP contribution is -2.43. The van der Waals surface area contributed by atoms with Crippen molar-refractivity contribution in [2.75, 3.05) is 32.7 Å². The standard InChI is InChI=1S/C15H30N2O/c1-4-16-10-13-6-7-14(18-13)11-17-9-5-8-15(2,3)12-17/h13-14,16H,4-12H2,1-3H3. The summed E-state index contributed by atoms with van der Waals surface area (Å²) in [7, 11) is 0. The molecule has 2 saturated heterocycles. The van der Waals surface area contributed by atoms with E-state index in [1.54, 1.807) is 0 Å². The van der Waals surface area contributed by atoms with Crippen LogP contribution in [0, 0.1) is 5.41 Å². The first kappa shape index (κ1) is 14.3. The van der Waals surface area contributed by atoms with Crippen molar-refractivity contribution >= 4 is 0 Å². The maximum absolute atomic E-state index is 6.13. The number of piperidine rings is 1. The van der Waals surface area contributed by atoms with Gasteiger partial charge in [-0.2, -0.15) is 0 Å². The highest BCUT2D eigenvalue weighted by Crippen LogP contribution is 2.29. The fourth-order valence-corrected chi connectivity index (χ4v) is 3.36. The normalized spacial score (nSPS) is 32.8. The summed E-state index contributed by atoms with van der Waals surface area (Å²) in [6, 6.07) is 0. The summed E-state index contributed by atoms with van der Waals surface area (Å²) in [5.74, 6) is 0. The lowest BCUT2D eigenvalue weighted by Gasteiger charge is -2.39. The van der Waals surface area contributed by atoms with Crippen LogP contribution in [0.15, 0.2) is 0 Å². The van der Waals surface area contributed by atoms with Gasteiger partial charge in [-0.25, -0.2) is 0 Å². The highest BCUT2D eigenvalue weighted by Gasteiger charge is 2.31. The molecule has 2 aliphatic heterocycles. The van der Waals surface area contributed by atoms with E-state index in [-0.39, 0.29) is 0 Å². The van der Waals surface area contributed by atoms with Crippen LogP contribution >= 0.6 is 0 Å². The van der Waals surface area contributed by atoms with Gasteiger partial charge >= 0.3 is 0 Å². The van der Waals surface area contributed by atoms with Crippen LogP contribution in [0.4, 0.5) is 0 Å². The van der Waals surface area contributed by atoms with Gasteiger partial charge in [0.15, 0.2) is 0 Å². The zero-order valence-corrected chi connectivity index (χ0v) is 12.4. The molecule has 0 bridgehead atoms. The predicted molar refractivity (Wildman–Crippen MR) is 75.9 cm³/mol. The molecule has 0 radical (unpaired) electrons. The zero-order chi connectivity index (χ0) is 13.0. The van der Waals surface area contributed by atoms with Gasteiger partial charge in [0, 0.05) is 19.6 Å². The number of hydrogen-bond acceptors (Lipinski definition) is 3. The summed E-state index contributed by atoms with van der Waals surface area (Å²) in [5.41, 5.74) is 0.500. The van der Waals surface area contributed by atoms with Crippen molar-refractivity contribution in [1.82, 2.24) is 10.2 Å². The van der Waals surface area contributed by atoms with E-state index in [1.165, 1.54) is 38.8 Å². The van der Waals surface area contributed by atoms with Crippen LogP contribution in [0.3, 0.4) is 0 Å². The van der Waals surface area contributed by atoms with E-state index >= 15 is 0 Å². The van der Waals surface area contributed by atoms with Crippen LogP contribution in [0.25, 0.3) is 0 Å². The Morgan fingerprint density at radius 3 is 2.78 bits per heavy atom. The number of nitrogens with zero attached hydrogens (tertiary/aromatic N) is 1. The molecule has 0 spiro atoms. The molecule has 0 aromatic rings. The molecule has 106 valence electrons. The molecule has 0 aromatic carbocycles. The fourth-order valence-electron chi connectivity index (χ4n) is 3.36. The number of likely N-dealkylation sites (tertiary alicyclic amines) is 1. The summed E-state index contributed by atoms with van der Waals surface area (Å²) in [4.78, 5) is 2.61. The summed E-state index contributed by atoms with van der Waals surface area (Å²) in [6.07, 6.45) is 6.12. The average Bonchev–Trinajstić information content (AvgIpc) is 2.73. The van der Waals surface area contributed by atoms with Crippen LogP contribution in [-0.4, -0.2) is 49.8 Å². The van der Waals surface area contributed by atoms with E-state index in [1.807, 2.05) is 0 Å². The van der Waals surface area contributed by atoms with Crippen molar-refractivity contribution < 1.29 is 4.74 Å². The Morgan fingerprint density at radius 1 is 1.28 bits per heavy atom. The van der Waals surface area contributed by atoms with Gasteiger partial charge in [-0.15, -0.1) is 0 Å². The predicted octanol–water partition coefficient (Wildman–Crippen LogP) is 2.27. The second-order valence-corrected chi connectivity index (χ2v) is 6.77. The number of hydrogen-bond donors (Lipinski definition) is 1.